The Morgan fingerprint density at radius 3 is 2.17 bits per heavy atom. The van der Waals surface area contributed by atoms with Crippen LogP contribution in [-0.4, -0.2) is 57.9 Å². The average molecular weight is 328 g/mol. The second kappa shape index (κ2) is 17.4. The summed E-state index contributed by atoms with van der Waals surface area (Å²) in [6.07, 6.45) is 7.41. The molecule has 0 rings (SSSR count). The van der Waals surface area contributed by atoms with Crippen molar-refractivity contribution in [1.29, 1.82) is 0 Å². The van der Waals surface area contributed by atoms with Crippen molar-refractivity contribution >= 4 is 6.72 Å². The van der Waals surface area contributed by atoms with Crippen LogP contribution in [0.15, 0.2) is 16.9 Å². The van der Waals surface area contributed by atoms with Crippen LogP contribution < -0.4 is 0 Å². The molecule has 0 aliphatic carbocycles. The van der Waals surface area contributed by atoms with Crippen molar-refractivity contribution in [3.05, 3.63) is 11.8 Å². The van der Waals surface area contributed by atoms with Crippen molar-refractivity contribution in [2.75, 3.05) is 46.2 Å². The predicted octanol–water partition coefficient (Wildman–Crippen LogP) is 3.85. The van der Waals surface area contributed by atoms with Crippen LogP contribution in [0.25, 0.3) is 0 Å². The number of unbranched alkanes of at least 4 members (excludes halogenated alkanes) is 2. The maximum absolute atomic E-state index is 5.67. The fourth-order valence-corrected chi connectivity index (χ4v) is 1.98. The highest BCUT2D eigenvalue weighted by Gasteiger charge is 1.97. The lowest BCUT2D eigenvalue weighted by molar-refractivity contribution is 0.0458. The van der Waals surface area contributed by atoms with Crippen molar-refractivity contribution in [1.82, 2.24) is 5.01 Å². The molecule has 0 amide bonds. The van der Waals surface area contributed by atoms with E-state index in [0.717, 1.165) is 58.5 Å². The molecule has 0 unspecified atom stereocenters. The quantitative estimate of drug-likeness (QED) is 0.231. The van der Waals surface area contributed by atoms with Crippen LogP contribution in [0.5, 0.6) is 0 Å². The molecule has 0 aromatic rings. The zero-order valence-corrected chi connectivity index (χ0v) is 15.4. The smallest absolute Gasteiger partial charge is 0.0700 e. The maximum atomic E-state index is 5.67. The SMILES string of the molecule is C=NN(/C=C(\C)COCCCCCOCCOCCC)CCC. The van der Waals surface area contributed by atoms with E-state index in [0.29, 0.717) is 19.8 Å². The standard InChI is InChI=1S/C18H36N2O3/c1-5-10-20(19-4)16-18(3)17-23-13-9-7-8-12-22-15-14-21-11-6-2/h16H,4-15,17H2,1-3H3/b18-16+. The molecule has 5 heteroatoms. The van der Waals surface area contributed by atoms with Gasteiger partial charge in [0.2, 0.25) is 0 Å². The molecule has 0 radical (unpaired) electrons. The van der Waals surface area contributed by atoms with Crippen LogP contribution in [-0.2, 0) is 14.2 Å². The van der Waals surface area contributed by atoms with E-state index >= 15 is 0 Å². The van der Waals surface area contributed by atoms with Gasteiger partial charge in [-0.3, -0.25) is 5.01 Å². The number of nitrogens with zero attached hydrogens (tertiary/aromatic N) is 2. The van der Waals surface area contributed by atoms with Crippen molar-refractivity contribution in [2.45, 2.75) is 52.9 Å². The molecule has 0 N–H and O–H groups in total. The van der Waals surface area contributed by atoms with Crippen LogP contribution in [0.3, 0.4) is 0 Å². The molecule has 0 saturated carbocycles. The lowest BCUT2D eigenvalue weighted by Gasteiger charge is -2.14. The molecule has 0 bridgehead atoms. The van der Waals surface area contributed by atoms with E-state index in [1.807, 2.05) is 11.2 Å². The molecule has 0 fully saturated rings. The summed E-state index contributed by atoms with van der Waals surface area (Å²) in [5.41, 5.74) is 1.17. The monoisotopic (exact) mass is 328 g/mol. The first kappa shape index (κ1) is 22.1. The molecular formula is C18H36N2O3. The number of hydrogen-bond acceptors (Lipinski definition) is 5. The van der Waals surface area contributed by atoms with Crippen molar-refractivity contribution < 1.29 is 14.2 Å². The van der Waals surface area contributed by atoms with Gasteiger partial charge in [-0.25, -0.2) is 0 Å². The van der Waals surface area contributed by atoms with E-state index in [2.05, 4.69) is 32.6 Å². The van der Waals surface area contributed by atoms with E-state index in [9.17, 15) is 0 Å². The molecule has 0 aliphatic heterocycles. The molecule has 136 valence electrons. The summed E-state index contributed by atoms with van der Waals surface area (Å²) in [6, 6.07) is 0. The van der Waals surface area contributed by atoms with Crippen LogP contribution >= 0.6 is 0 Å². The van der Waals surface area contributed by atoms with Gasteiger partial charge in [0.1, 0.15) is 0 Å². The molecule has 0 heterocycles. The van der Waals surface area contributed by atoms with E-state index in [-0.39, 0.29) is 0 Å². The number of rotatable bonds is 17. The third-order valence-corrected chi connectivity index (χ3v) is 3.13. The Morgan fingerprint density at radius 2 is 1.57 bits per heavy atom. The van der Waals surface area contributed by atoms with Crippen LogP contribution in [0.2, 0.25) is 0 Å². The third-order valence-electron chi connectivity index (χ3n) is 3.13. The van der Waals surface area contributed by atoms with E-state index in [1.165, 1.54) is 5.57 Å². The third kappa shape index (κ3) is 15.8. The van der Waals surface area contributed by atoms with Crippen LogP contribution in [0.1, 0.15) is 52.9 Å². The Hall–Kier alpha value is -0.910. The topological polar surface area (TPSA) is 43.3 Å². The average Bonchev–Trinajstić information content (AvgIpc) is 2.55. The summed E-state index contributed by atoms with van der Waals surface area (Å²) in [7, 11) is 0. The highest BCUT2D eigenvalue weighted by Crippen LogP contribution is 2.02. The second-order valence-corrected chi connectivity index (χ2v) is 5.62. The summed E-state index contributed by atoms with van der Waals surface area (Å²) in [4.78, 5) is 0. The summed E-state index contributed by atoms with van der Waals surface area (Å²) < 4.78 is 16.5. The zero-order chi connectivity index (χ0) is 17.2. The zero-order valence-electron chi connectivity index (χ0n) is 15.4. The highest BCUT2D eigenvalue weighted by atomic mass is 16.5. The van der Waals surface area contributed by atoms with Gasteiger partial charge in [0, 0.05) is 39.3 Å². The lowest BCUT2D eigenvalue weighted by atomic mass is 10.2. The summed E-state index contributed by atoms with van der Waals surface area (Å²) in [6.45, 7) is 15.2. The van der Waals surface area contributed by atoms with Gasteiger partial charge in [-0.05, 0) is 44.6 Å². The molecule has 23 heavy (non-hydrogen) atoms. The van der Waals surface area contributed by atoms with E-state index in [4.69, 9.17) is 14.2 Å². The predicted molar refractivity (Wildman–Crippen MR) is 96.9 cm³/mol. The molecule has 0 aromatic heterocycles. The number of ether oxygens (including phenoxy) is 3. The van der Waals surface area contributed by atoms with Crippen molar-refractivity contribution in [2.24, 2.45) is 5.10 Å². The fraction of sp³-hybridized carbons (Fsp3) is 0.833. The molecule has 0 spiro atoms. The van der Waals surface area contributed by atoms with E-state index in [1.54, 1.807) is 0 Å². The van der Waals surface area contributed by atoms with Gasteiger partial charge in [0.05, 0.1) is 19.8 Å². The summed E-state index contributed by atoms with van der Waals surface area (Å²) in [5, 5.41) is 5.82. The van der Waals surface area contributed by atoms with Gasteiger partial charge in [0.25, 0.3) is 0 Å². The number of hydrogen-bond donors (Lipinski definition) is 0. The normalized spacial score (nSPS) is 11.7. The van der Waals surface area contributed by atoms with Crippen LogP contribution in [0.4, 0.5) is 0 Å². The largest absolute Gasteiger partial charge is 0.379 e. The summed E-state index contributed by atoms with van der Waals surface area (Å²) >= 11 is 0. The second-order valence-electron chi connectivity index (χ2n) is 5.62. The lowest BCUT2D eigenvalue weighted by Crippen LogP contribution is -2.12. The van der Waals surface area contributed by atoms with Gasteiger partial charge in [-0.1, -0.05) is 13.8 Å². The Balaban J connectivity index is 3.38. The molecule has 0 aromatic carbocycles. The summed E-state index contributed by atoms with van der Waals surface area (Å²) in [5.74, 6) is 0. The highest BCUT2D eigenvalue weighted by molar-refractivity contribution is 5.23. The van der Waals surface area contributed by atoms with Gasteiger partial charge >= 0.3 is 0 Å². The first-order valence-corrected chi connectivity index (χ1v) is 8.88. The molecule has 0 atom stereocenters. The van der Waals surface area contributed by atoms with E-state index < -0.39 is 0 Å². The van der Waals surface area contributed by atoms with Gasteiger partial charge in [0.15, 0.2) is 0 Å². The number of hydrazone groups is 1. The molecule has 0 aliphatic rings. The van der Waals surface area contributed by atoms with Crippen molar-refractivity contribution in [3.63, 3.8) is 0 Å². The van der Waals surface area contributed by atoms with Gasteiger partial charge < -0.3 is 14.2 Å². The first-order valence-electron chi connectivity index (χ1n) is 8.88. The molecule has 5 nitrogen and oxygen atoms in total. The maximum Gasteiger partial charge on any atom is 0.0700 e. The Labute approximate surface area is 142 Å². The minimum absolute atomic E-state index is 0.654. The van der Waals surface area contributed by atoms with Gasteiger partial charge in [-0.15, -0.1) is 0 Å². The Morgan fingerprint density at radius 1 is 0.913 bits per heavy atom. The minimum Gasteiger partial charge on any atom is -0.379 e. The first-order chi connectivity index (χ1) is 11.2. The Bertz CT molecular complexity index is 296. The molecule has 0 saturated heterocycles. The Kier molecular flexibility index (Phi) is 16.8. The van der Waals surface area contributed by atoms with Crippen LogP contribution in [0, 0.1) is 0 Å². The van der Waals surface area contributed by atoms with Gasteiger partial charge in [-0.2, -0.15) is 5.10 Å². The fourth-order valence-electron chi connectivity index (χ4n) is 1.98. The van der Waals surface area contributed by atoms with Crippen molar-refractivity contribution in [3.8, 4) is 0 Å². The molecular weight excluding hydrogens is 292 g/mol. The minimum atomic E-state index is 0.654.